The lowest BCUT2D eigenvalue weighted by Gasteiger charge is -2.33. The van der Waals surface area contributed by atoms with Gasteiger partial charge in [0.25, 0.3) is 0 Å². The van der Waals surface area contributed by atoms with E-state index in [4.69, 9.17) is 0 Å². The second kappa shape index (κ2) is 12.1. The smallest absolute Gasteiger partial charge is 0.0497 e. The first kappa shape index (κ1) is 26.5. The third kappa shape index (κ3) is 5.74. The lowest BCUT2D eigenvalue weighted by molar-refractivity contribution is 0.781. The molecule has 0 amide bonds. The Balaban J connectivity index is 1.94. The third-order valence-electron chi connectivity index (χ3n) is 7.36. The van der Waals surface area contributed by atoms with Crippen molar-refractivity contribution in [3.05, 3.63) is 113 Å². The molecule has 0 aliphatic rings. The Hall–Kier alpha value is -3.52. The van der Waals surface area contributed by atoms with E-state index in [0.29, 0.717) is 0 Å². The van der Waals surface area contributed by atoms with Crippen LogP contribution in [-0.4, -0.2) is 6.54 Å². The van der Waals surface area contributed by atoms with E-state index in [1.54, 1.807) is 0 Å². The summed E-state index contributed by atoms with van der Waals surface area (Å²) in [4.78, 5) is 5.02. The van der Waals surface area contributed by atoms with Gasteiger partial charge in [-0.05, 0) is 98.7 Å². The molecule has 0 aliphatic heterocycles. The van der Waals surface area contributed by atoms with Crippen LogP contribution in [0.2, 0.25) is 0 Å². The summed E-state index contributed by atoms with van der Waals surface area (Å²) in [5, 5.41) is 0. The Bertz CT molecular complexity index is 1320. The van der Waals surface area contributed by atoms with Crippen LogP contribution in [0.5, 0.6) is 0 Å². The van der Waals surface area contributed by atoms with Crippen LogP contribution in [0.25, 0.3) is 0 Å². The van der Waals surface area contributed by atoms with Crippen LogP contribution in [0.3, 0.4) is 0 Å². The predicted octanol–water partition coefficient (Wildman–Crippen LogP) is 10.1. The Labute approximate surface area is 224 Å². The number of rotatable bonds is 10. The van der Waals surface area contributed by atoms with E-state index in [9.17, 15) is 0 Å². The summed E-state index contributed by atoms with van der Waals surface area (Å²) in [6.07, 6.45) is 4.29. The van der Waals surface area contributed by atoms with Crippen LogP contribution < -0.4 is 9.80 Å². The number of para-hydroxylation sites is 2. The van der Waals surface area contributed by atoms with Crippen molar-refractivity contribution in [2.75, 3.05) is 16.3 Å². The number of anilines is 5. The molecule has 0 radical (unpaired) electrons. The van der Waals surface area contributed by atoms with Crippen LogP contribution in [-0.2, 0) is 12.8 Å². The van der Waals surface area contributed by atoms with E-state index in [0.717, 1.165) is 19.4 Å². The van der Waals surface area contributed by atoms with Gasteiger partial charge in [0.2, 0.25) is 0 Å². The van der Waals surface area contributed by atoms with Gasteiger partial charge in [-0.25, -0.2) is 0 Å². The van der Waals surface area contributed by atoms with Gasteiger partial charge >= 0.3 is 0 Å². The molecule has 0 saturated heterocycles. The Morgan fingerprint density at radius 3 is 1.68 bits per heavy atom. The van der Waals surface area contributed by atoms with Crippen LogP contribution in [0, 0.1) is 20.8 Å². The highest BCUT2D eigenvalue weighted by Gasteiger charge is 2.22. The highest BCUT2D eigenvalue weighted by Crippen LogP contribution is 2.42. The largest absolute Gasteiger partial charge is 0.341 e. The zero-order valence-electron chi connectivity index (χ0n) is 23.5. The molecule has 0 fully saturated rings. The second-order valence-electron chi connectivity index (χ2n) is 10.1. The molecule has 0 atom stereocenters. The van der Waals surface area contributed by atoms with Gasteiger partial charge in [0.1, 0.15) is 0 Å². The van der Waals surface area contributed by atoms with Crippen LogP contribution in [0.4, 0.5) is 28.4 Å². The summed E-state index contributed by atoms with van der Waals surface area (Å²) in [6, 6.07) is 31.4. The van der Waals surface area contributed by atoms with Crippen molar-refractivity contribution in [2.24, 2.45) is 0 Å². The molecular weight excluding hydrogens is 448 g/mol. The fourth-order valence-electron chi connectivity index (χ4n) is 5.16. The minimum Gasteiger partial charge on any atom is -0.341 e. The Morgan fingerprint density at radius 2 is 1.11 bits per heavy atom. The summed E-state index contributed by atoms with van der Waals surface area (Å²) in [5.41, 5.74) is 13.0. The highest BCUT2D eigenvalue weighted by molar-refractivity contribution is 5.83. The Kier molecular flexibility index (Phi) is 8.71. The van der Waals surface area contributed by atoms with Crippen molar-refractivity contribution in [3.8, 4) is 0 Å². The summed E-state index contributed by atoms with van der Waals surface area (Å²) in [6.45, 7) is 14.5. The van der Waals surface area contributed by atoms with Crippen molar-refractivity contribution in [3.63, 3.8) is 0 Å². The molecule has 4 aromatic carbocycles. The monoisotopic (exact) mass is 490 g/mol. The fraction of sp³-hybridized carbons (Fsp3) is 0.314. The maximum Gasteiger partial charge on any atom is 0.0497 e. The highest BCUT2D eigenvalue weighted by atomic mass is 15.2. The number of aryl methyl sites for hydroxylation is 5. The molecule has 4 aromatic rings. The summed E-state index contributed by atoms with van der Waals surface area (Å²) in [7, 11) is 0. The van der Waals surface area contributed by atoms with Gasteiger partial charge in [0.05, 0.1) is 0 Å². The molecule has 2 nitrogen and oxygen atoms in total. The van der Waals surface area contributed by atoms with E-state index in [-0.39, 0.29) is 0 Å². The zero-order valence-corrected chi connectivity index (χ0v) is 23.5. The van der Waals surface area contributed by atoms with Gasteiger partial charge in [-0.1, -0.05) is 81.3 Å². The van der Waals surface area contributed by atoms with Gasteiger partial charge < -0.3 is 9.80 Å². The topological polar surface area (TPSA) is 6.48 Å². The van der Waals surface area contributed by atoms with E-state index >= 15 is 0 Å². The quantitative estimate of drug-likeness (QED) is 0.218. The first-order valence-corrected chi connectivity index (χ1v) is 13.9. The first-order chi connectivity index (χ1) is 18.0. The molecule has 0 heterocycles. The summed E-state index contributed by atoms with van der Waals surface area (Å²) in [5.74, 6) is 0. The molecule has 0 unspecified atom stereocenters. The van der Waals surface area contributed by atoms with Crippen molar-refractivity contribution in [1.82, 2.24) is 0 Å². The molecule has 0 aliphatic carbocycles. The number of hydrogen-bond donors (Lipinski definition) is 0. The second-order valence-corrected chi connectivity index (χ2v) is 10.1. The maximum atomic E-state index is 2.56. The van der Waals surface area contributed by atoms with Gasteiger partial charge in [0.15, 0.2) is 0 Å². The molecule has 0 N–H and O–H groups in total. The standard InChI is InChI=1S/C35H42N2/c1-7-10-23-36(32-17-13-11-15-27(32)5)34-24-30(9-3)35(25-29(34)8-2)37(31-21-19-26(4)20-22-31)33-18-14-12-16-28(33)6/h11-22,24-25H,7-10,23H2,1-6H3. The molecule has 2 heteroatoms. The van der Waals surface area contributed by atoms with Crippen molar-refractivity contribution in [2.45, 2.75) is 67.2 Å². The van der Waals surface area contributed by atoms with E-state index < -0.39 is 0 Å². The zero-order chi connectivity index (χ0) is 26.4. The lowest BCUT2D eigenvalue weighted by atomic mass is 9.98. The average molecular weight is 491 g/mol. The third-order valence-corrected chi connectivity index (χ3v) is 7.36. The molecule has 192 valence electrons. The minimum atomic E-state index is 0.968. The first-order valence-electron chi connectivity index (χ1n) is 13.9. The van der Waals surface area contributed by atoms with Crippen molar-refractivity contribution in [1.29, 1.82) is 0 Å². The van der Waals surface area contributed by atoms with Crippen LogP contribution >= 0.6 is 0 Å². The van der Waals surface area contributed by atoms with Gasteiger partial charge in [-0.15, -0.1) is 0 Å². The lowest BCUT2D eigenvalue weighted by Crippen LogP contribution is -2.22. The summed E-state index contributed by atoms with van der Waals surface area (Å²) < 4.78 is 0. The number of unbranched alkanes of at least 4 members (excludes halogenated alkanes) is 1. The minimum absolute atomic E-state index is 0.968. The fourth-order valence-corrected chi connectivity index (χ4v) is 5.16. The molecule has 0 saturated carbocycles. The molecule has 0 aromatic heterocycles. The van der Waals surface area contributed by atoms with Crippen molar-refractivity contribution < 1.29 is 0 Å². The molecule has 37 heavy (non-hydrogen) atoms. The summed E-state index contributed by atoms with van der Waals surface area (Å²) >= 11 is 0. The molecular formula is C35H42N2. The SMILES string of the molecule is CCCCN(c1ccccc1C)c1cc(CC)c(N(c2ccc(C)cc2)c2ccccc2C)cc1CC. The van der Waals surface area contributed by atoms with E-state index in [1.165, 1.54) is 69.1 Å². The number of hydrogen-bond acceptors (Lipinski definition) is 2. The predicted molar refractivity (Wildman–Crippen MR) is 162 cm³/mol. The van der Waals surface area contributed by atoms with E-state index in [1.807, 2.05) is 0 Å². The molecule has 4 rings (SSSR count). The molecule has 0 spiro atoms. The van der Waals surface area contributed by atoms with Gasteiger partial charge in [0, 0.05) is 35.0 Å². The van der Waals surface area contributed by atoms with Gasteiger partial charge in [-0.2, -0.15) is 0 Å². The normalized spacial score (nSPS) is 11.0. The van der Waals surface area contributed by atoms with Crippen molar-refractivity contribution >= 4 is 28.4 Å². The van der Waals surface area contributed by atoms with E-state index in [2.05, 4.69) is 136 Å². The van der Waals surface area contributed by atoms with Crippen LogP contribution in [0.1, 0.15) is 61.4 Å². The molecule has 0 bridgehead atoms. The van der Waals surface area contributed by atoms with Crippen LogP contribution in [0.15, 0.2) is 84.9 Å². The Morgan fingerprint density at radius 1 is 0.568 bits per heavy atom. The average Bonchev–Trinajstić information content (AvgIpc) is 2.92. The number of benzene rings is 4. The maximum absolute atomic E-state index is 2.56. The van der Waals surface area contributed by atoms with Gasteiger partial charge in [-0.3, -0.25) is 0 Å². The number of nitrogens with zero attached hydrogens (tertiary/aromatic N) is 2.